The molecule has 1 heterocycles. The molecule has 11 nitrogen and oxygen atoms in total. The van der Waals surface area contributed by atoms with Gasteiger partial charge in [-0.25, -0.2) is 22.8 Å². The lowest BCUT2D eigenvalue weighted by Crippen LogP contribution is -2.44. The number of aryl methyl sites for hydroxylation is 1. The number of nitrogens with one attached hydrogen (secondary N) is 4. The summed E-state index contributed by atoms with van der Waals surface area (Å²) < 4.78 is 38.3. The molecule has 1 aliphatic heterocycles. The van der Waals surface area contributed by atoms with Crippen LogP contribution in [0.5, 0.6) is 5.75 Å². The van der Waals surface area contributed by atoms with E-state index < -0.39 is 40.1 Å². The number of rotatable bonds is 12. The van der Waals surface area contributed by atoms with E-state index in [1.54, 1.807) is 43.5 Å². The van der Waals surface area contributed by atoms with Crippen molar-refractivity contribution in [1.82, 2.24) is 15.4 Å². The van der Waals surface area contributed by atoms with Crippen LogP contribution in [0.3, 0.4) is 0 Å². The zero-order chi connectivity index (χ0) is 27.5. The van der Waals surface area contributed by atoms with Gasteiger partial charge in [0.1, 0.15) is 17.8 Å². The van der Waals surface area contributed by atoms with Crippen LogP contribution in [0.1, 0.15) is 37.7 Å². The summed E-state index contributed by atoms with van der Waals surface area (Å²) >= 11 is 0. The van der Waals surface area contributed by atoms with Gasteiger partial charge in [0.15, 0.2) is 0 Å². The van der Waals surface area contributed by atoms with E-state index in [2.05, 4.69) is 20.7 Å². The first-order chi connectivity index (χ1) is 18.2. The van der Waals surface area contributed by atoms with Crippen LogP contribution in [0.15, 0.2) is 53.4 Å². The molecular formula is C26H34N4O7S. The van der Waals surface area contributed by atoms with Gasteiger partial charge in [-0.1, -0.05) is 17.7 Å². The number of benzene rings is 2. The number of anilines is 1. The summed E-state index contributed by atoms with van der Waals surface area (Å²) in [5, 5.41) is 8.37. The average molecular weight is 547 g/mol. The standard InChI is InChI=1S/C26H34N4O7S/c1-18-8-14-21(15-9-18)38(34,35)30-23(25(32)37-24(31)22-7-5-17-27-22)6-3-4-16-28-26(33)29-19-10-12-20(36-2)13-11-19/h8-15,22-23,27,30H,3-7,16-17H2,1-2H3,(H2,28,29,33)/t22-,23-/m0/s1. The molecule has 0 radical (unpaired) electrons. The molecule has 0 unspecified atom stereocenters. The van der Waals surface area contributed by atoms with Gasteiger partial charge in [0.25, 0.3) is 0 Å². The van der Waals surface area contributed by atoms with E-state index in [1.165, 1.54) is 12.1 Å². The fourth-order valence-electron chi connectivity index (χ4n) is 3.85. The summed E-state index contributed by atoms with van der Waals surface area (Å²) in [5.74, 6) is -1.00. The molecule has 12 heteroatoms. The van der Waals surface area contributed by atoms with E-state index in [9.17, 15) is 22.8 Å². The lowest BCUT2D eigenvalue weighted by molar-refractivity contribution is -0.162. The van der Waals surface area contributed by atoms with Crippen LogP contribution in [0.2, 0.25) is 0 Å². The number of esters is 2. The van der Waals surface area contributed by atoms with Gasteiger partial charge in [0, 0.05) is 12.2 Å². The number of sulfonamides is 1. The van der Waals surface area contributed by atoms with Gasteiger partial charge in [-0.15, -0.1) is 0 Å². The second kappa shape index (κ2) is 13.9. The smallest absolute Gasteiger partial charge is 0.331 e. The molecule has 0 aromatic heterocycles. The maximum Gasteiger partial charge on any atom is 0.331 e. The molecule has 2 aromatic carbocycles. The third-order valence-electron chi connectivity index (χ3n) is 6.01. The van der Waals surface area contributed by atoms with Crippen LogP contribution < -0.4 is 25.4 Å². The highest BCUT2D eigenvalue weighted by Crippen LogP contribution is 2.16. The number of carbonyl (C=O) groups excluding carboxylic acids is 3. The van der Waals surface area contributed by atoms with Crippen molar-refractivity contribution in [3.8, 4) is 5.75 Å². The van der Waals surface area contributed by atoms with E-state index >= 15 is 0 Å². The fraction of sp³-hybridized carbons (Fsp3) is 0.423. The first kappa shape index (κ1) is 29.1. The third-order valence-corrected chi connectivity index (χ3v) is 7.50. The number of unbranched alkanes of at least 4 members (excludes halogenated alkanes) is 1. The predicted octanol–water partition coefficient (Wildman–Crippen LogP) is 2.46. The molecule has 38 heavy (non-hydrogen) atoms. The SMILES string of the molecule is COc1ccc(NC(=O)NCCCC[C@H](NS(=O)(=O)c2ccc(C)cc2)C(=O)OC(=O)[C@@H]2CCCN2)cc1. The van der Waals surface area contributed by atoms with Crippen molar-refractivity contribution in [1.29, 1.82) is 0 Å². The number of ether oxygens (including phenoxy) is 2. The Kier molecular flexibility index (Phi) is 10.6. The summed E-state index contributed by atoms with van der Waals surface area (Å²) in [6, 6.07) is 10.8. The van der Waals surface area contributed by atoms with Crippen molar-refractivity contribution in [3.05, 3.63) is 54.1 Å². The van der Waals surface area contributed by atoms with Gasteiger partial charge in [0.2, 0.25) is 10.0 Å². The van der Waals surface area contributed by atoms with Crippen molar-refractivity contribution in [2.75, 3.05) is 25.5 Å². The molecule has 1 saturated heterocycles. The number of amides is 2. The molecular weight excluding hydrogens is 512 g/mol. The van der Waals surface area contributed by atoms with Gasteiger partial charge >= 0.3 is 18.0 Å². The first-order valence-electron chi connectivity index (χ1n) is 12.4. The first-order valence-corrected chi connectivity index (χ1v) is 13.9. The zero-order valence-electron chi connectivity index (χ0n) is 21.5. The van der Waals surface area contributed by atoms with Crippen molar-refractivity contribution < 1.29 is 32.3 Å². The minimum Gasteiger partial charge on any atom is -0.497 e. The summed E-state index contributed by atoms with van der Waals surface area (Å²) in [5.41, 5.74) is 1.48. The highest BCUT2D eigenvalue weighted by Gasteiger charge is 2.31. The van der Waals surface area contributed by atoms with Crippen LogP contribution in [-0.4, -0.2) is 58.7 Å². The number of urea groups is 1. The predicted molar refractivity (Wildman–Crippen MR) is 141 cm³/mol. The van der Waals surface area contributed by atoms with Crippen LogP contribution in [0, 0.1) is 6.92 Å². The van der Waals surface area contributed by atoms with Crippen LogP contribution in [-0.2, 0) is 24.3 Å². The summed E-state index contributed by atoms with van der Waals surface area (Å²) in [6.45, 7) is 2.77. The van der Waals surface area contributed by atoms with E-state index in [4.69, 9.17) is 9.47 Å². The Morgan fingerprint density at radius 1 is 1.05 bits per heavy atom. The second-order valence-electron chi connectivity index (χ2n) is 8.98. The minimum atomic E-state index is -4.04. The molecule has 0 aliphatic carbocycles. The van der Waals surface area contributed by atoms with Crippen molar-refractivity contribution in [2.45, 2.75) is 56.0 Å². The largest absolute Gasteiger partial charge is 0.497 e. The fourth-order valence-corrected chi connectivity index (χ4v) is 5.07. The number of methoxy groups -OCH3 is 1. The monoisotopic (exact) mass is 546 g/mol. The molecule has 1 aliphatic rings. The van der Waals surface area contributed by atoms with Crippen molar-refractivity contribution >= 4 is 33.7 Å². The molecule has 206 valence electrons. The molecule has 2 aromatic rings. The quantitative estimate of drug-likeness (QED) is 0.180. The Balaban J connectivity index is 1.53. The Bertz CT molecular complexity index is 1200. The number of hydrogen-bond acceptors (Lipinski definition) is 8. The normalized spacial score (nSPS) is 15.9. The van der Waals surface area contributed by atoms with E-state index in [-0.39, 0.29) is 11.3 Å². The van der Waals surface area contributed by atoms with Crippen molar-refractivity contribution in [2.24, 2.45) is 0 Å². The average Bonchev–Trinajstić information content (AvgIpc) is 3.44. The maximum absolute atomic E-state index is 12.9. The summed E-state index contributed by atoms with van der Waals surface area (Å²) in [6.07, 6.45) is 2.27. The van der Waals surface area contributed by atoms with Gasteiger partial charge in [-0.2, -0.15) is 4.72 Å². The van der Waals surface area contributed by atoms with Crippen LogP contribution in [0.4, 0.5) is 10.5 Å². The Morgan fingerprint density at radius 3 is 2.39 bits per heavy atom. The lowest BCUT2D eigenvalue weighted by atomic mass is 10.1. The Morgan fingerprint density at radius 2 is 1.76 bits per heavy atom. The molecule has 0 spiro atoms. The molecule has 0 saturated carbocycles. The summed E-state index contributed by atoms with van der Waals surface area (Å²) in [4.78, 5) is 37.3. The van der Waals surface area contributed by atoms with Crippen LogP contribution in [0.25, 0.3) is 0 Å². The molecule has 0 bridgehead atoms. The van der Waals surface area contributed by atoms with Gasteiger partial charge in [-0.3, -0.25) is 0 Å². The molecule has 2 amide bonds. The maximum atomic E-state index is 12.9. The zero-order valence-corrected chi connectivity index (χ0v) is 22.3. The molecule has 1 fully saturated rings. The van der Waals surface area contributed by atoms with Gasteiger partial charge < -0.3 is 25.4 Å². The topological polar surface area (TPSA) is 152 Å². The van der Waals surface area contributed by atoms with E-state index in [1.807, 2.05) is 6.92 Å². The highest BCUT2D eigenvalue weighted by molar-refractivity contribution is 7.89. The second-order valence-corrected chi connectivity index (χ2v) is 10.7. The third kappa shape index (κ3) is 8.82. The molecule has 2 atom stereocenters. The van der Waals surface area contributed by atoms with Crippen molar-refractivity contribution in [3.63, 3.8) is 0 Å². The molecule has 4 N–H and O–H groups in total. The molecule has 3 rings (SSSR count). The summed E-state index contributed by atoms with van der Waals surface area (Å²) in [7, 11) is -2.49. The van der Waals surface area contributed by atoms with Gasteiger partial charge in [0.05, 0.1) is 12.0 Å². The Hall–Kier alpha value is -3.48. The van der Waals surface area contributed by atoms with E-state index in [0.29, 0.717) is 43.8 Å². The van der Waals surface area contributed by atoms with Gasteiger partial charge in [-0.05, 0) is 82.0 Å². The lowest BCUT2D eigenvalue weighted by Gasteiger charge is -2.18. The number of hydrogen-bond donors (Lipinski definition) is 4. The number of carbonyl (C=O) groups is 3. The van der Waals surface area contributed by atoms with E-state index in [0.717, 1.165) is 12.0 Å². The minimum absolute atomic E-state index is 0.00144. The Labute approximate surface area is 222 Å². The highest BCUT2D eigenvalue weighted by atomic mass is 32.2. The van der Waals surface area contributed by atoms with Crippen LogP contribution >= 0.6 is 0 Å².